The van der Waals surface area contributed by atoms with E-state index in [4.69, 9.17) is 62.7 Å². The van der Waals surface area contributed by atoms with Crippen LogP contribution in [0.1, 0.15) is 45.7 Å². The van der Waals surface area contributed by atoms with Gasteiger partial charge in [-0.1, -0.05) is 35.9 Å². The van der Waals surface area contributed by atoms with E-state index in [1.54, 1.807) is 67.6 Å². The first-order valence-electron chi connectivity index (χ1n) is 24.6. The van der Waals surface area contributed by atoms with Crippen molar-refractivity contribution in [2.24, 2.45) is 0 Å². The number of carbonyl (C=O) groups is 2. The van der Waals surface area contributed by atoms with E-state index in [0.29, 0.717) is 22.6 Å². The van der Waals surface area contributed by atoms with Gasteiger partial charge in [0.2, 0.25) is 0 Å². The molecule has 3 heterocycles. The minimum Gasteiger partial charge on any atom is -0.462 e. The van der Waals surface area contributed by atoms with E-state index >= 15 is 0 Å². The number of fused-ring (bicyclic) bond motifs is 3. The Morgan fingerprint density at radius 1 is 0.593 bits per heavy atom. The average molecular weight is 1210 g/mol. The lowest BCUT2D eigenvalue weighted by atomic mass is 10.1. The van der Waals surface area contributed by atoms with E-state index in [0.717, 1.165) is 80.2 Å². The number of H-pyrrole nitrogens is 3. The molecule has 0 atom stereocenters. The van der Waals surface area contributed by atoms with Crippen molar-refractivity contribution in [3.63, 3.8) is 0 Å². The first kappa shape index (κ1) is 65.9. The number of ether oxygens (including phenoxy) is 1. The van der Waals surface area contributed by atoms with Crippen LogP contribution < -0.4 is 19.6 Å². The highest BCUT2D eigenvalue weighted by atomic mass is 35.5. The van der Waals surface area contributed by atoms with Crippen LogP contribution in [0.4, 0.5) is 35.9 Å². The van der Waals surface area contributed by atoms with Crippen molar-refractivity contribution in [2.45, 2.75) is 20.0 Å². The Labute approximate surface area is 498 Å². The zero-order valence-electron chi connectivity index (χ0n) is 46.2. The molecule has 10 aromatic rings. The summed E-state index contributed by atoms with van der Waals surface area (Å²) in [5.41, 5.74) is 9.46. The molecule has 0 aliphatic carbocycles. The summed E-state index contributed by atoms with van der Waals surface area (Å²) in [4.78, 5) is 39.4. The number of Topliss-reactive ketones (excluding diaryl/α,β-unsaturated/α-hetero) is 1. The minimum atomic E-state index is -4.25. The highest BCUT2D eigenvalue weighted by molar-refractivity contribution is 7.74. The van der Waals surface area contributed by atoms with Gasteiger partial charge in [-0.15, -0.1) is 22.7 Å². The van der Waals surface area contributed by atoms with Crippen LogP contribution in [0, 0.1) is 24.1 Å². The summed E-state index contributed by atoms with van der Waals surface area (Å²) in [5.74, 6) is -0.155. The fraction of sp³-hybridized carbons (Fsp3) is 0.200. The van der Waals surface area contributed by atoms with Crippen molar-refractivity contribution < 1.29 is 31.9 Å². The lowest BCUT2D eigenvalue weighted by Crippen LogP contribution is -2.10. The van der Waals surface area contributed by atoms with Crippen LogP contribution in [-0.4, -0.2) is 89.7 Å². The number of esters is 1. The standard InChI is InChI=1S/C11H15NO2.C10H13NO.C9H10F3N.C9H10N2.C7H4ClNS2.C7H5NOS.C7H5NS2/c1-4-14-11(13)9-5-7-10(8-6-9)12(2)3;1-8(12)9-4-6-10(7-5-9)11(2)3;1-13(2)8-5-3-7(4-6-8)9(10,11)12;1-11(2)9-5-3-8(7-10)4-6-9;8-4-1-2-5-6(3-4)11-7(10)9-5;10-7-8-5-3-1-2-4-6(5)9-7;9-7-8-5-3-1-2-4-6(5)10-7/h5-8H,4H2,1-3H3;4-7H,1-3H3;3-6H,1-2H3;3-6H,1-2H3;1-3H,(H,9,10);1-4H,(H,8,10);1-4H,(H,8,9). The number of para-hydroxylation sites is 3. The third kappa shape index (κ3) is 22.4. The van der Waals surface area contributed by atoms with Gasteiger partial charge in [0, 0.05) is 89.7 Å². The maximum absolute atomic E-state index is 12.1. The van der Waals surface area contributed by atoms with Crippen LogP contribution >= 0.6 is 70.9 Å². The number of carbonyl (C=O) groups excluding carboxylic acids is 2. The molecule has 3 aromatic heterocycles. The number of aromatic amines is 3. The molecule has 12 nitrogen and oxygen atoms in total. The third-order valence-corrected chi connectivity index (χ3v) is 13.8. The van der Waals surface area contributed by atoms with Crippen molar-refractivity contribution >= 4 is 137 Å². The summed E-state index contributed by atoms with van der Waals surface area (Å²) in [6, 6.07) is 51.0. The molecule has 0 unspecified atom stereocenters. The second-order valence-electron chi connectivity index (χ2n) is 17.8. The van der Waals surface area contributed by atoms with Gasteiger partial charge in [-0.25, -0.2) is 4.79 Å². The molecule has 0 aliphatic heterocycles. The molecule has 10 rings (SSSR count). The van der Waals surface area contributed by atoms with Crippen molar-refractivity contribution in [2.75, 3.05) is 82.6 Å². The third-order valence-electron chi connectivity index (χ3n) is 10.9. The number of nitriles is 1. The van der Waals surface area contributed by atoms with Crippen LogP contribution in [0.5, 0.6) is 0 Å². The van der Waals surface area contributed by atoms with Gasteiger partial charge >= 0.3 is 12.1 Å². The molecule has 0 bridgehead atoms. The molecular formula is C60H62ClF3N8O4S5. The average Bonchev–Trinajstić information content (AvgIpc) is 4.18. The second-order valence-corrected chi connectivity index (χ2v) is 22.1. The van der Waals surface area contributed by atoms with Gasteiger partial charge < -0.3 is 43.7 Å². The number of rotatable bonds is 7. The number of nitrogens with zero attached hydrogens (tertiary/aromatic N) is 5. The molecule has 0 amide bonds. The van der Waals surface area contributed by atoms with Gasteiger partial charge in [0.25, 0.3) is 4.84 Å². The largest absolute Gasteiger partial charge is 0.462 e. The summed E-state index contributed by atoms with van der Waals surface area (Å²) in [6.45, 7) is 3.78. The number of aromatic nitrogens is 3. The molecule has 0 radical (unpaired) electrons. The molecule has 0 fully saturated rings. The van der Waals surface area contributed by atoms with Crippen LogP contribution in [-0.2, 0) is 10.9 Å². The monoisotopic (exact) mass is 1210 g/mol. The Hall–Kier alpha value is -7.64. The number of nitrogens with one attached hydrogen (secondary N) is 3. The maximum Gasteiger partial charge on any atom is 0.416 e. The fourth-order valence-corrected chi connectivity index (χ4v) is 9.30. The lowest BCUT2D eigenvalue weighted by Gasteiger charge is -2.13. The number of ketones is 1. The van der Waals surface area contributed by atoms with Crippen molar-refractivity contribution in [1.82, 2.24) is 15.0 Å². The van der Waals surface area contributed by atoms with Crippen molar-refractivity contribution in [3.8, 4) is 6.07 Å². The van der Waals surface area contributed by atoms with Crippen molar-refractivity contribution in [1.29, 1.82) is 5.26 Å². The zero-order valence-corrected chi connectivity index (χ0v) is 51.1. The van der Waals surface area contributed by atoms with Crippen LogP contribution in [0.3, 0.4) is 0 Å². The van der Waals surface area contributed by atoms with E-state index in [9.17, 15) is 22.8 Å². The highest BCUT2D eigenvalue weighted by Gasteiger charge is 2.30. The highest BCUT2D eigenvalue weighted by Crippen LogP contribution is 2.30. The van der Waals surface area contributed by atoms with Gasteiger partial charge in [-0.2, -0.15) is 18.4 Å². The van der Waals surface area contributed by atoms with Crippen LogP contribution in [0.25, 0.3) is 31.5 Å². The number of hydrogen-bond donors (Lipinski definition) is 3. The number of benzene rings is 7. The topological polar surface area (TPSA) is 141 Å². The molecule has 0 saturated heterocycles. The second kappa shape index (κ2) is 32.6. The Balaban J connectivity index is 0.000000204. The SMILES string of the molecule is CC(=O)c1ccc(N(C)C)cc1.CCOC(=O)c1ccc(N(C)C)cc1.CN(C)c1ccc(C#N)cc1.CN(C)c1ccc(C(F)(F)F)cc1.S=c1[nH]c2ccc(Cl)cc2s1.S=c1[nH]c2ccccc2o1.S=c1[nH]c2ccccc2s1. The molecule has 0 saturated carbocycles. The normalized spacial score (nSPS) is 10.1. The number of halogens is 4. The van der Waals surface area contributed by atoms with E-state index in [1.165, 1.54) is 16.8 Å². The predicted octanol–water partition coefficient (Wildman–Crippen LogP) is 17.3. The maximum atomic E-state index is 12.1. The van der Waals surface area contributed by atoms with Gasteiger partial charge in [-0.3, -0.25) is 4.79 Å². The first-order valence-corrected chi connectivity index (χ1v) is 27.8. The van der Waals surface area contributed by atoms with E-state index in [-0.39, 0.29) is 11.8 Å². The smallest absolute Gasteiger partial charge is 0.416 e. The van der Waals surface area contributed by atoms with Crippen LogP contribution in [0.2, 0.25) is 5.02 Å². The van der Waals surface area contributed by atoms with Crippen molar-refractivity contribution in [3.05, 3.63) is 204 Å². The minimum absolute atomic E-state index is 0.111. The quantitative estimate of drug-likeness (QED) is 0.0795. The van der Waals surface area contributed by atoms with E-state index in [1.807, 2.05) is 178 Å². The Morgan fingerprint density at radius 2 is 1.02 bits per heavy atom. The van der Waals surface area contributed by atoms with Gasteiger partial charge in [0.05, 0.1) is 55.3 Å². The molecule has 7 aromatic carbocycles. The van der Waals surface area contributed by atoms with E-state index < -0.39 is 11.7 Å². The Bertz CT molecular complexity index is 3620. The van der Waals surface area contributed by atoms with Gasteiger partial charge in [0.15, 0.2) is 19.3 Å². The summed E-state index contributed by atoms with van der Waals surface area (Å²) in [5, 5.41) is 9.26. The number of hydrogen-bond acceptors (Lipinski definition) is 14. The summed E-state index contributed by atoms with van der Waals surface area (Å²) < 4.78 is 50.3. The number of alkyl halides is 3. The summed E-state index contributed by atoms with van der Waals surface area (Å²) in [7, 11) is 15.4. The summed E-state index contributed by atoms with van der Waals surface area (Å²) >= 11 is 23.7. The molecule has 0 aliphatic rings. The Morgan fingerprint density at radius 3 is 1.47 bits per heavy atom. The number of thiazole rings is 2. The predicted molar refractivity (Wildman–Crippen MR) is 339 cm³/mol. The van der Waals surface area contributed by atoms with E-state index in [2.05, 4.69) is 27.1 Å². The number of oxazole rings is 1. The molecule has 81 heavy (non-hydrogen) atoms. The lowest BCUT2D eigenvalue weighted by molar-refractivity contribution is -0.137. The zero-order chi connectivity index (χ0) is 59.8. The fourth-order valence-electron chi connectivity index (χ4n) is 6.59. The summed E-state index contributed by atoms with van der Waals surface area (Å²) in [6.07, 6.45) is -4.25. The molecule has 0 spiro atoms. The molecule has 21 heteroatoms. The number of anilines is 4. The first-order chi connectivity index (χ1) is 38.4. The van der Waals surface area contributed by atoms with Gasteiger partial charge in [0.1, 0.15) is 0 Å². The van der Waals surface area contributed by atoms with Gasteiger partial charge in [-0.05, 0) is 190 Å². The Kier molecular flexibility index (Phi) is 26.5. The molecule has 3 N–H and O–H groups in total. The van der Waals surface area contributed by atoms with Crippen LogP contribution in [0.15, 0.2) is 168 Å². The molecule has 424 valence electrons. The molecular weight excluding hydrogens is 1150 g/mol.